The summed E-state index contributed by atoms with van der Waals surface area (Å²) in [7, 11) is 4.51. The lowest BCUT2D eigenvalue weighted by molar-refractivity contribution is -0.145. The molecular weight excluding hydrogens is 234 g/mol. The van der Waals surface area contributed by atoms with Gasteiger partial charge in [0.25, 0.3) is 0 Å². The quantitative estimate of drug-likeness (QED) is 0.766. The standard InChI is InChI=1S/C13H19NO4/c1-16-11-5-4-9(7-12(11)17-2)6-10(8-14)13(15)18-3/h4-5,7,10H,6,8,14H2,1-3H3/t10-/m1/s1. The molecule has 0 aliphatic carbocycles. The number of ether oxygens (including phenoxy) is 3. The molecule has 0 radical (unpaired) electrons. The third-order valence-corrected chi connectivity index (χ3v) is 2.75. The number of benzene rings is 1. The lowest BCUT2D eigenvalue weighted by Crippen LogP contribution is -2.26. The Kier molecular flexibility index (Phi) is 5.45. The molecule has 0 amide bonds. The minimum Gasteiger partial charge on any atom is -0.493 e. The van der Waals surface area contributed by atoms with Gasteiger partial charge < -0.3 is 19.9 Å². The summed E-state index contributed by atoms with van der Waals surface area (Å²) in [6.45, 7) is 0.251. The fraction of sp³-hybridized carbons (Fsp3) is 0.462. The van der Waals surface area contributed by atoms with Crippen molar-refractivity contribution >= 4 is 5.97 Å². The van der Waals surface area contributed by atoms with Crippen LogP contribution in [0.25, 0.3) is 0 Å². The molecule has 0 unspecified atom stereocenters. The van der Waals surface area contributed by atoms with E-state index in [2.05, 4.69) is 0 Å². The van der Waals surface area contributed by atoms with Crippen LogP contribution in [0.1, 0.15) is 5.56 Å². The number of nitrogens with two attached hydrogens (primary N) is 1. The minimum atomic E-state index is -0.340. The summed E-state index contributed by atoms with van der Waals surface area (Å²) in [4.78, 5) is 11.5. The smallest absolute Gasteiger partial charge is 0.310 e. The van der Waals surface area contributed by atoms with Crippen LogP contribution in [-0.2, 0) is 16.0 Å². The molecule has 5 nitrogen and oxygen atoms in total. The van der Waals surface area contributed by atoms with Crippen molar-refractivity contribution in [3.63, 3.8) is 0 Å². The van der Waals surface area contributed by atoms with Crippen LogP contribution in [0.3, 0.4) is 0 Å². The van der Waals surface area contributed by atoms with Crippen molar-refractivity contribution in [3.8, 4) is 11.5 Å². The molecule has 0 saturated carbocycles. The van der Waals surface area contributed by atoms with Gasteiger partial charge in [-0.3, -0.25) is 4.79 Å². The number of methoxy groups -OCH3 is 3. The second-order valence-corrected chi connectivity index (χ2v) is 3.85. The Bertz CT molecular complexity index is 406. The molecule has 0 fully saturated rings. The molecule has 0 aromatic heterocycles. The van der Waals surface area contributed by atoms with Crippen molar-refractivity contribution < 1.29 is 19.0 Å². The van der Waals surface area contributed by atoms with Gasteiger partial charge in [-0.2, -0.15) is 0 Å². The molecule has 1 aromatic rings. The highest BCUT2D eigenvalue weighted by Crippen LogP contribution is 2.28. The molecule has 0 aliphatic rings. The largest absolute Gasteiger partial charge is 0.493 e. The molecule has 2 N–H and O–H groups in total. The third kappa shape index (κ3) is 3.37. The maximum Gasteiger partial charge on any atom is 0.310 e. The molecule has 0 aliphatic heterocycles. The fourth-order valence-electron chi connectivity index (χ4n) is 1.72. The molecule has 100 valence electrons. The van der Waals surface area contributed by atoms with E-state index < -0.39 is 0 Å². The number of rotatable bonds is 6. The maximum absolute atomic E-state index is 11.5. The van der Waals surface area contributed by atoms with Crippen molar-refractivity contribution in [2.75, 3.05) is 27.9 Å². The minimum absolute atomic E-state index is 0.251. The highest BCUT2D eigenvalue weighted by Gasteiger charge is 2.18. The van der Waals surface area contributed by atoms with E-state index in [-0.39, 0.29) is 18.4 Å². The average molecular weight is 253 g/mol. The zero-order chi connectivity index (χ0) is 13.5. The molecule has 1 atom stereocenters. The van der Waals surface area contributed by atoms with E-state index in [1.54, 1.807) is 20.3 Å². The predicted molar refractivity (Wildman–Crippen MR) is 67.8 cm³/mol. The highest BCUT2D eigenvalue weighted by atomic mass is 16.5. The molecular formula is C13H19NO4. The van der Waals surface area contributed by atoms with Gasteiger partial charge in [0.05, 0.1) is 27.2 Å². The van der Waals surface area contributed by atoms with Gasteiger partial charge in [0.15, 0.2) is 11.5 Å². The van der Waals surface area contributed by atoms with E-state index in [0.717, 1.165) is 5.56 Å². The van der Waals surface area contributed by atoms with Gasteiger partial charge in [-0.15, -0.1) is 0 Å². The molecule has 0 spiro atoms. The molecule has 1 rings (SSSR count). The van der Waals surface area contributed by atoms with Crippen molar-refractivity contribution in [1.29, 1.82) is 0 Å². The van der Waals surface area contributed by atoms with E-state index >= 15 is 0 Å². The Hall–Kier alpha value is -1.75. The number of hydrogen-bond acceptors (Lipinski definition) is 5. The second-order valence-electron chi connectivity index (χ2n) is 3.85. The van der Waals surface area contributed by atoms with Crippen LogP contribution in [0.2, 0.25) is 0 Å². The lowest BCUT2D eigenvalue weighted by atomic mass is 9.99. The predicted octanol–water partition coefficient (Wildman–Crippen LogP) is 0.994. The SMILES string of the molecule is COC(=O)[C@@H](CN)Cc1ccc(OC)c(OC)c1. The summed E-state index contributed by atoms with van der Waals surface area (Å²) in [5.41, 5.74) is 6.52. The Morgan fingerprint density at radius 2 is 1.89 bits per heavy atom. The Morgan fingerprint density at radius 3 is 2.39 bits per heavy atom. The molecule has 1 aromatic carbocycles. The van der Waals surface area contributed by atoms with Crippen LogP contribution in [0.15, 0.2) is 18.2 Å². The average Bonchev–Trinajstić information content (AvgIpc) is 2.43. The first-order chi connectivity index (χ1) is 8.65. The number of esters is 1. The van der Waals surface area contributed by atoms with Gasteiger partial charge in [0.2, 0.25) is 0 Å². The van der Waals surface area contributed by atoms with Crippen molar-refractivity contribution in [3.05, 3.63) is 23.8 Å². The third-order valence-electron chi connectivity index (χ3n) is 2.75. The number of carbonyl (C=O) groups excluding carboxylic acids is 1. The molecule has 0 heterocycles. The van der Waals surface area contributed by atoms with Crippen LogP contribution in [0, 0.1) is 5.92 Å². The van der Waals surface area contributed by atoms with Crippen LogP contribution in [0.4, 0.5) is 0 Å². The molecule has 0 bridgehead atoms. The van der Waals surface area contributed by atoms with E-state index in [4.69, 9.17) is 19.9 Å². The molecule has 5 heteroatoms. The second kappa shape index (κ2) is 6.86. The van der Waals surface area contributed by atoms with Crippen LogP contribution in [-0.4, -0.2) is 33.8 Å². The molecule has 18 heavy (non-hydrogen) atoms. The van der Waals surface area contributed by atoms with Gasteiger partial charge in [-0.25, -0.2) is 0 Å². The topological polar surface area (TPSA) is 70.8 Å². The zero-order valence-electron chi connectivity index (χ0n) is 10.9. The number of hydrogen-bond donors (Lipinski definition) is 1. The first-order valence-electron chi connectivity index (χ1n) is 5.65. The van der Waals surface area contributed by atoms with E-state index in [1.807, 2.05) is 12.1 Å². The Balaban J connectivity index is 2.87. The van der Waals surface area contributed by atoms with Crippen molar-refractivity contribution in [2.24, 2.45) is 11.7 Å². The summed E-state index contributed by atoms with van der Waals surface area (Å²) >= 11 is 0. The van der Waals surface area contributed by atoms with Gasteiger partial charge in [-0.1, -0.05) is 6.07 Å². The number of carbonyl (C=O) groups is 1. The van der Waals surface area contributed by atoms with Gasteiger partial charge >= 0.3 is 5.97 Å². The van der Waals surface area contributed by atoms with Crippen LogP contribution >= 0.6 is 0 Å². The fourth-order valence-corrected chi connectivity index (χ4v) is 1.72. The van der Waals surface area contributed by atoms with E-state index in [0.29, 0.717) is 17.9 Å². The first kappa shape index (κ1) is 14.3. The van der Waals surface area contributed by atoms with Crippen molar-refractivity contribution in [2.45, 2.75) is 6.42 Å². The van der Waals surface area contributed by atoms with Crippen LogP contribution in [0.5, 0.6) is 11.5 Å². The zero-order valence-corrected chi connectivity index (χ0v) is 10.9. The summed E-state index contributed by atoms with van der Waals surface area (Å²) in [6, 6.07) is 5.52. The van der Waals surface area contributed by atoms with Crippen molar-refractivity contribution in [1.82, 2.24) is 0 Å². The Labute approximate surface area is 107 Å². The van der Waals surface area contributed by atoms with Gasteiger partial charge in [0.1, 0.15) is 0 Å². The highest BCUT2D eigenvalue weighted by molar-refractivity contribution is 5.73. The monoisotopic (exact) mass is 253 g/mol. The Morgan fingerprint density at radius 1 is 1.22 bits per heavy atom. The summed E-state index contributed by atoms with van der Waals surface area (Å²) in [5.74, 6) is 0.652. The summed E-state index contributed by atoms with van der Waals surface area (Å²) in [6.07, 6.45) is 0.517. The molecule has 0 saturated heterocycles. The first-order valence-corrected chi connectivity index (χ1v) is 5.65. The normalized spacial score (nSPS) is 11.8. The van der Waals surface area contributed by atoms with E-state index in [1.165, 1.54) is 7.11 Å². The van der Waals surface area contributed by atoms with Crippen LogP contribution < -0.4 is 15.2 Å². The van der Waals surface area contributed by atoms with E-state index in [9.17, 15) is 4.79 Å². The summed E-state index contributed by atoms with van der Waals surface area (Å²) in [5, 5.41) is 0. The lowest BCUT2D eigenvalue weighted by Gasteiger charge is -2.14. The van der Waals surface area contributed by atoms with Gasteiger partial charge in [-0.05, 0) is 24.1 Å². The summed E-state index contributed by atoms with van der Waals surface area (Å²) < 4.78 is 15.1. The van der Waals surface area contributed by atoms with Gasteiger partial charge in [0, 0.05) is 6.54 Å². The maximum atomic E-state index is 11.5.